The number of unbranched alkanes of at least 4 members (excludes halogenated alkanes) is 3. The zero-order chi connectivity index (χ0) is 74.4. The summed E-state index contributed by atoms with van der Waals surface area (Å²) in [5.41, 5.74) is 11.7. The first-order valence-corrected chi connectivity index (χ1v) is 36.3. The Kier molecular flexibility index (Phi) is 43.2. The summed E-state index contributed by atoms with van der Waals surface area (Å²) in [6.45, 7) is 20.1. The molecule has 1 fully saturated rings. The Hall–Kier alpha value is -3.10. The third-order valence-corrected chi connectivity index (χ3v) is 21.0. The number of hydrogen-bond acceptors (Lipinski definition) is 23. The van der Waals surface area contributed by atoms with Crippen LogP contribution >= 0.6 is 0 Å². The number of ether oxygens (including phenoxy) is 3. The summed E-state index contributed by atoms with van der Waals surface area (Å²) < 4.78 is 17.8. The second-order valence-corrected chi connectivity index (χ2v) is 29.6. The molecule has 31 unspecified atom stereocenters. The highest BCUT2D eigenvalue weighted by Gasteiger charge is 2.46. The first-order chi connectivity index (χ1) is 45.9. The monoisotopic (exact) mass is 1410 g/mol. The zero-order valence-corrected chi connectivity index (χ0v) is 60.8. The maximum Gasteiger partial charge on any atom is 0.306 e. The van der Waals surface area contributed by atoms with Gasteiger partial charge in [-0.2, -0.15) is 0 Å². The van der Waals surface area contributed by atoms with Crippen LogP contribution in [0.4, 0.5) is 0 Å². The summed E-state index contributed by atoms with van der Waals surface area (Å²) >= 11 is 0. The Morgan fingerprint density at radius 2 is 1.09 bits per heavy atom. The Labute approximate surface area is 584 Å². The van der Waals surface area contributed by atoms with Gasteiger partial charge in [-0.25, -0.2) is 0 Å². The summed E-state index contributed by atoms with van der Waals surface area (Å²) in [6.07, 6.45) is -11.0. The zero-order valence-electron chi connectivity index (χ0n) is 60.8. The van der Waals surface area contributed by atoms with Crippen molar-refractivity contribution in [2.45, 2.75) is 327 Å². The lowest BCUT2D eigenvalue weighted by atomic mass is 9.81. The minimum atomic E-state index is -1.87. The average Bonchev–Trinajstić information content (AvgIpc) is 0.808. The van der Waals surface area contributed by atoms with Crippen LogP contribution in [0, 0.1) is 59.2 Å². The fourth-order valence-electron chi connectivity index (χ4n) is 13.3. The molecule has 0 aromatic rings. The summed E-state index contributed by atoms with van der Waals surface area (Å²) in [5, 5.41) is 201. The lowest BCUT2D eigenvalue weighted by Gasteiger charge is -2.41. The molecule has 98 heavy (non-hydrogen) atoms. The van der Waals surface area contributed by atoms with Gasteiger partial charge in [-0.05, 0) is 107 Å². The summed E-state index contributed by atoms with van der Waals surface area (Å²) in [7, 11) is 0. The van der Waals surface area contributed by atoms with E-state index in [-0.39, 0.29) is 56.0 Å². The quantitative estimate of drug-likeness (QED) is 0.0465. The highest BCUT2D eigenvalue weighted by molar-refractivity contribution is 5.75. The molecule has 0 bridgehead atoms. The van der Waals surface area contributed by atoms with Crippen molar-refractivity contribution in [1.29, 1.82) is 0 Å². The van der Waals surface area contributed by atoms with E-state index in [0.29, 0.717) is 63.5 Å². The molecule has 22 N–H and O–H groups in total. The van der Waals surface area contributed by atoms with Gasteiger partial charge in [-0.3, -0.25) is 9.79 Å². The second-order valence-electron chi connectivity index (χ2n) is 29.6. The van der Waals surface area contributed by atoms with E-state index in [4.69, 9.17) is 25.7 Å². The molecule has 25 nitrogen and oxygen atoms in total. The van der Waals surface area contributed by atoms with Crippen molar-refractivity contribution in [3.8, 4) is 0 Å². The molecule has 0 saturated carbocycles. The predicted octanol–water partition coefficient (Wildman–Crippen LogP) is 2.81. The molecule has 0 aromatic carbocycles. The third-order valence-electron chi connectivity index (χ3n) is 21.0. The van der Waals surface area contributed by atoms with E-state index in [1.807, 2.05) is 26.0 Å². The smallest absolute Gasteiger partial charge is 0.306 e. The number of esters is 1. The van der Waals surface area contributed by atoms with E-state index in [1.165, 1.54) is 19.1 Å². The van der Waals surface area contributed by atoms with Crippen LogP contribution in [0.15, 0.2) is 52.6 Å². The SMILES string of the molecule is CC1=CC(C)C(O)C(C)=CC(OC2OC(CO)C(O)C(O)C2O)C(O)C(C)C(O)CC(O)C=CC(C)C(O)C(C)CCC(O)CC(O)C(C)C(O)C(C)C(O)CC(O)CC(O)C(C)C(C(C)CCCCCCN=C(N)N)OC(=O)CCCCCC(O)C(C)C(O)CCC=CC(C)C1O. The minimum absolute atomic E-state index is 0.0338. The van der Waals surface area contributed by atoms with E-state index in [2.05, 4.69) is 4.99 Å². The number of aliphatic hydroxyl groups excluding tert-OH is 18. The fourth-order valence-corrected chi connectivity index (χ4v) is 13.3. The Balaban J connectivity index is 2.44. The van der Waals surface area contributed by atoms with Gasteiger partial charge < -0.3 is 118 Å². The van der Waals surface area contributed by atoms with Crippen molar-refractivity contribution in [3.05, 3.63) is 47.6 Å². The topological polar surface area (TPSA) is 473 Å². The highest BCUT2D eigenvalue weighted by atomic mass is 16.7. The number of carbonyl (C=O) groups excluding carboxylic acids is 1. The molecule has 0 spiro atoms. The van der Waals surface area contributed by atoms with E-state index in [9.17, 15) is 96.7 Å². The molecule has 2 aliphatic rings. The summed E-state index contributed by atoms with van der Waals surface area (Å²) in [4.78, 5) is 17.6. The van der Waals surface area contributed by atoms with Gasteiger partial charge >= 0.3 is 5.97 Å². The van der Waals surface area contributed by atoms with Crippen LogP contribution in [0.5, 0.6) is 0 Å². The number of rotatable bonds is 11. The molecule has 31 atom stereocenters. The maximum atomic E-state index is 13.5. The molecular weight excluding hydrogens is 1270 g/mol. The fraction of sp³-hybridized carbons (Fsp3) is 0.863. The van der Waals surface area contributed by atoms with Gasteiger partial charge in [0.15, 0.2) is 12.2 Å². The number of cyclic esters (lactones) is 1. The molecule has 0 radical (unpaired) electrons. The van der Waals surface area contributed by atoms with Gasteiger partial charge in [-0.1, -0.05) is 138 Å². The van der Waals surface area contributed by atoms with Crippen molar-refractivity contribution >= 4 is 11.9 Å². The third kappa shape index (κ3) is 31.5. The number of carbonyl (C=O) groups is 1. The molecule has 1 saturated heterocycles. The number of aliphatic hydroxyl groups is 18. The standard InChI is InChI=1S/C73H135N3O22/c1-39-22-19-20-25-55(82)46(8)54(81)24-17-15-18-26-62(87)98-71(42(4)23-16-13-14-21-31-76-73(74)75)50(12)59(86)37-53(80)36-58(85)48(10)66(91)47(9)56(83)34-51(78)29-27-40(2)63(88)41(3)28-30-52(79)35-57(84)49(11)67(92)60(33-45(7)65(90)44(6)32-43(5)64(39)89)96-72-70(95)69(94)68(93)61(38-77)97-72/h19,22,28,30,32-33,39-42,44,46-61,63-72,77-86,88-95H,13-18,20-21,23-27,29,31,34-38H2,1-12H3,(H4,74,75,76). The number of guanidine groups is 1. The lowest BCUT2D eigenvalue weighted by Crippen LogP contribution is -2.60. The largest absolute Gasteiger partial charge is 0.462 e. The highest BCUT2D eigenvalue weighted by Crippen LogP contribution is 2.33. The van der Waals surface area contributed by atoms with Gasteiger partial charge in [0.05, 0.1) is 92.1 Å². The van der Waals surface area contributed by atoms with Gasteiger partial charge in [0, 0.05) is 66.7 Å². The number of nitrogens with two attached hydrogens (primary N) is 2. The van der Waals surface area contributed by atoms with Gasteiger partial charge in [0.25, 0.3) is 0 Å². The maximum absolute atomic E-state index is 13.5. The lowest BCUT2D eigenvalue weighted by molar-refractivity contribution is -0.314. The number of nitrogens with zero attached hydrogens (tertiary/aromatic N) is 1. The minimum Gasteiger partial charge on any atom is -0.462 e. The molecule has 574 valence electrons. The average molecular weight is 1410 g/mol. The summed E-state index contributed by atoms with van der Waals surface area (Å²) in [5.74, 6) is -6.47. The van der Waals surface area contributed by atoms with Crippen molar-refractivity contribution in [1.82, 2.24) is 0 Å². The molecule has 0 amide bonds. The van der Waals surface area contributed by atoms with Crippen molar-refractivity contribution in [3.63, 3.8) is 0 Å². The van der Waals surface area contributed by atoms with Crippen molar-refractivity contribution in [2.75, 3.05) is 13.2 Å². The molecular formula is C73H135N3O22. The number of allylic oxidation sites excluding steroid dienone is 1. The molecule has 2 rings (SSSR count). The summed E-state index contributed by atoms with van der Waals surface area (Å²) in [6, 6.07) is 0. The molecule has 25 heteroatoms. The Bertz CT molecular complexity index is 2330. The second kappa shape index (κ2) is 46.6. The van der Waals surface area contributed by atoms with Crippen LogP contribution in [-0.4, -0.2) is 245 Å². The van der Waals surface area contributed by atoms with Crippen molar-refractivity contribution in [2.24, 2.45) is 75.6 Å². The van der Waals surface area contributed by atoms with Crippen molar-refractivity contribution < 1.29 is 111 Å². The van der Waals surface area contributed by atoms with Crippen LogP contribution in [0.1, 0.15) is 199 Å². The van der Waals surface area contributed by atoms with Gasteiger partial charge in [0.2, 0.25) is 0 Å². The first kappa shape index (κ1) is 91.0. The van der Waals surface area contributed by atoms with Crippen LogP contribution in [0.3, 0.4) is 0 Å². The number of aliphatic imine (C=N–C) groups is 1. The van der Waals surface area contributed by atoms with Crippen LogP contribution < -0.4 is 11.5 Å². The normalized spacial score (nSPS) is 41.5. The van der Waals surface area contributed by atoms with Gasteiger partial charge in [-0.15, -0.1) is 0 Å². The first-order valence-electron chi connectivity index (χ1n) is 36.3. The molecule has 0 aliphatic carbocycles. The van der Waals surface area contributed by atoms with E-state index >= 15 is 0 Å². The van der Waals surface area contributed by atoms with Crippen LogP contribution in [-0.2, 0) is 19.0 Å². The molecule has 0 aromatic heterocycles. The number of hydrogen-bond donors (Lipinski definition) is 20. The molecule has 2 aliphatic heterocycles. The van der Waals surface area contributed by atoms with Crippen LogP contribution in [0.2, 0.25) is 0 Å². The van der Waals surface area contributed by atoms with Crippen LogP contribution in [0.25, 0.3) is 0 Å². The Morgan fingerprint density at radius 1 is 0.541 bits per heavy atom. The predicted molar refractivity (Wildman–Crippen MR) is 374 cm³/mol. The van der Waals surface area contributed by atoms with E-state index in [1.54, 1.807) is 74.5 Å². The van der Waals surface area contributed by atoms with E-state index in [0.717, 1.165) is 25.7 Å². The van der Waals surface area contributed by atoms with Gasteiger partial charge in [0.1, 0.15) is 36.6 Å². The van der Waals surface area contributed by atoms with E-state index < -0.39 is 194 Å². The Morgan fingerprint density at radius 3 is 1.70 bits per heavy atom. The molecule has 2 heterocycles.